The Kier molecular flexibility index (Phi) is 4.97. The topological polar surface area (TPSA) is 95.9 Å². The lowest BCUT2D eigenvalue weighted by Crippen LogP contribution is -2.48. The van der Waals surface area contributed by atoms with Gasteiger partial charge in [-0.2, -0.15) is 0 Å². The molecule has 0 radical (unpaired) electrons. The summed E-state index contributed by atoms with van der Waals surface area (Å²) < 4.78 is 3.13. The molecule has 2 aromatic carbocycles. The molecule has 1 unspecified atom stereocenters. The van der Waals surface area contributed by atoms with Gasteiger partial charge in [0.05, 0.1) is 17.7 Å². The summed E-state index contributed by atoms with van der Waals surface area (Å²) in [6, 6.07) is 15.0. The maximum atomic E-state index is 13.1. The molecule has 3 heterocycles. The molecule has 0 saturated carbocycles. The second-order valence-electron chi connectivity index (χ2n) is 7.51. The molecule has 0 aliphatic carbocycles. The van der Waals surface area contributed by atoms with Crippen molar-refractivity contribution >= 4 is 51.0 Å². The van der Waals surface area contributed by atoms with Crippen molar-refractivity contribution in [1.29, 1.82) is 0 Å². The summed E-state index contributed by atoms with van der Waals surface area (Å²) in [5.41, 5.74) is 2.88. The first-order valence-corrected chi connectivity index (χ1v) is 10.9. The van der Waals surface area contributed by atoms with Gasteiger partial charge < -0.3 is 19.8 Å². The van der Waals surface area contributed by atoms with Crippen LogP contribution in [-0.2, 0) is 17.8 Å². The van der Waals surface area contributed by atoms with E-state index in [9.17, 15) is 9.59 Å². The van der Waals surface area contributed by atoms with Crippen LogP contribution in [0.15, 0.2) is 54.7 Å². The molecule has 0 saturated heterocycles. The van der Waals surface area contributed by atoms with Crippen LogP contribution in [0, 0.1) is 3.57 Å². The summed E-state index contributed by atoms with van der Waals surface area (Å²) in [5, 5.41) is 12.0. The van der Waals surface area contributed by atoms with Crippen LogP contribution in [0.1, 0.15) is 22.0 Å². The Morgan fingerprint density at radius 2 is 2.00 bits per heavy atom. The van der Waals surface area contributed by atoms with Crippen molar-refractivity contribution in [2.75, 3.05) is 11.9 Å². The van der Waals surface area contributed by atoms with Gasteiger partial charge in [0.15, 0.2) is 0 Å². The monoisotopic (exact) mass is 526 g/mol. The number of likely N-dealkylation sites (N-methyl/N-ethyl adjacent to an activating group) is 1. The number of carbonyl (C=O) groups is 2. The molecule has 31 heavy (non-hydrogen) atoms. The molecule has 2 N–H and O–H groups in total. The number of hydrogen-bond donors (Lipinski definition) is 2. The van der Waals surface area contributed by atoms with Gasteiger partial charge in [0.25, 0.3) is 11.8 Å². The number of benzene rings is 2. The Balaban J connectivity index is 1.38. The number of halogens is 1. The lowest BCUT2D eigenvalue weighted by atomic mass is 10.1. The molecule has 1 aliphatic rings. The number of nitrogens with zero attached hydrogens (tertiary/aromatic N) is 4. The van der Waals surface area contributed by atoms with E-state index in [-0.39, 0.29) is 11.7 Å². The van der Waals surface area contributed by atoms with Crippen LogP contribution in [0.25, 0.3) is 10.9 Å². The van der Waals surface area contributed by atoms with Crippen LogP contribution < -0.4 is 10.2 Å². The maximum Gasteiger partial charge on any atom is 0.289 e. The number of para-hydroxylation sites is 1. The van der Waals surface area contributed by atoms with Gasteiger partial charge in [0.2, 0.25) is 5.82 Å². The van der Waals surface area contributed by atoms with E-state index < -0.39 is 11.9 Å². The van der Waals surface area contributed by atoms with Gasteiger partial charge in [-0.25, -0.2) is 0 Å². The van der Waals surface area contributed by atoms with E-state index in [1.165, 1.54) is 0 Å². The van der Waals surface area contributed by atoms with E-state index in [0.717, 1.165) is 25.7 Å². The van der Waals surface area contributed by atoms with Crippen molar-refractivity contribution in [3.8, 4) is 0 Å². The second-order valence-corrected chi connectivity index (χ2v) is 8.67. The molecule has 1 atom stereocenters. The van der Waals surface area contributed by atoms with Crippen LogP contribution in [0.2, 0.25) is 0 Å². The first-order chi connectivity index (χ1) is 15.0. The Hall–Kier alpha value is -3.21. The number of nitrogens with one attached hydrogen (secondary N) is 2. The molecule has 9 heteroatoms. The second kappa shape index (κ2) is 7.80. The minimum Gasteiger partial charge on any atom is -0.342 e. The van der Waals surface area contributed by atoms with Crippen LogP contribution in [0.3, 0.4) is 0 Å². The predicted molar refractivity (Wildman–Crippen MR) is 125 cm³/mol. The molecular weight excluding hydrogens is 507 g/mol. The molecule has 8 nitrogen and oxygen atoms in total. The third-order valence-electron chi connectivity index (χ3n) is 5.47. The highest BCUT2D eigenvalue weighted by molar-refractivity contribution is 14.1. The molecule has 0 spiro atoms. The van der Waals surface area contributed by atoms with Gasteiger partial charge in [-0.3, -0.25) is 9.59 Å². The molecule has 0 fully saturated rings. The zero-order chi connectivity index (χ0) is 21.5. The summed E-state index contributed by atoms with van der Waals surface area (Å²) >= 11 is 2.29. The van der Waals surface area contributed by atoms with Gasteiger partial charge >= 0.3 is 0 Å². The van der Waals surface area contributed by atoms with Gasteiger partial charge in [-0.1, -0.05) is 42.5 Å². The first kappa shape index (κ1) is 19.7. The van der Waals surface area contributed by atoms with Crippen LogP contribution >= 0.6 is 22.6 Å². The standard InChI is InChI=1S/C22H19IN6O2/c1-28-17-9-5-8-14-15(23)11-29(19(14)17)12-16(22(28)31)24-21(30)20-25-18(26-27-20)10-13-6-3-2-4-7-13/h2-9,11,16H,10,12H2,1H3,(H,24,30)(H,25,26,27). The Morgan fingerprint density at radius 3 is 2.81 bits per heavy atom. The van der Waals surface area contributed by atoms with Gasteiger partial charge in [0, 0.05) is 28.6 Å². The number of carbonyl (C=O) groups excluding carboxylic acids is 2. The number of anilines is 1. The van der Waals surface area contributed by atoms with Crippen LogP contribution in [0.4, 0.5) is 5.69 Å². The van der Waals surface area contributed by atoms with Crippen molar-refractivity contribution < 1.29 is 9.59 Å². The van der Waals surface area contributed by atoms with Crippen LogP contribution in [0.5, 0.6) is 0 Å². The van der Waals surface area contributed by atoms with E-state index in [0.29, 0.717) is 18.8 Å². The fourth-order valence-electron chi connectivity index (χ4n) is 3.94. The lowest BCUT2D eigenvalue weighted by molar-refractivity contribution is -0.120. The highest BCUT2D eigenvalue weighted by atomic mass is 127. The van der Waals surface area contributed by atoms with Crippen molar-refractivity contribution in [2.45, 2.75) is 19.0 Å². The van der Waals surface area contributed by atoms with Crippen molar-refractivity contribution in [2.24, 2.45) is 0 Å². The maximum absolute atomic E-state index is 13.1. The van der Waals surface area contributed by atoms with Crippen molar-refractivity contribution in [1.82, 2.24) is 25.1 Å². The van der Waals surface area contributed by atoms with Crippen molar-refractivity contribution in [3.05, 3.63) is 75.5 Å². The number of H-pyrrole nitrogens is 1. The first-order valence-electron chi connectivity index (χ1n) is 9.82. The molecule has 2 aromatic heterocycles. The third kappa shape index (κ3) is 3.58. The molecule has 5 rings (SSSR count). The molecule has 156 valence electrons. The van der Waals surface area contributed by atoms with Crippen molar-refractivity contribution in [3.63, 3.8) is 0 Å². The Morgan fingerprint density at radius 1 is 1.19 bits per heavy atom. The average Bonchev–Trinajstić information content (AvgIpc) is 3.35. The molecule has 4 aromatic rings. The number of aromatic nitrogens is 4. The Labute approximate surface area is 191 Å². The molecule has 0 bridgehead atoms. The van der Waals surface area contributed by atoms with Crippen LogP contribution in [-0.4, -0.2) is 44.7 Å². The fourth-order valence-corrected chi connectivity index (χ4v) is 4.71. The lowest BCUT2D eigenvalue weighted by Gasteiger charge is -2.21. The van der Waals surface area contributed by atoms with Gasteiger partial charge in [0.1, 0.15) is 11.9 Å². The largest absolute Gasteiger partial charge is 0.342 e. The zero-order valence-electron chi connectivity index (χ0n) is 16.7. The number of amides is 2. The fraction of sp³-hybridized carbons (Fsp3) is 0.182. The summed E-state index contributed by atoms with van der Waals surface area (Å²) in [7, 11) is 1.73. The minimum atomic E-state index is -0.723. The van der Waals surface area contributed by atoms with E-state index >= 15 is 0 Å². The zero-order valence-corrected chi connectivity index (χ0v) is 18.8. The summed E-state index contributed by atoms with van der Waals surface area (Å²) in [6.07, 6.45) is 2.55. The normalized spacial score (nSPS) is 15.9. The summed E-state index contributed by atoms with van der Waals surface area (Å²) in [5.74, 6) is 0.0521. The van der Waals surface area contributed by atoms with E-state index in [4.69, 9.17) is 0 Å². The molecule has 2 amide bonds. The Bertz CT molecular complexity index is 1300. The average molecular weight is 526 g/mol. The summed E-state index contributed by atoms with van der Waals surface area (Å²) in [4.78, 5) is 30.5. The molecular formula is C22H19IN6O2. The van der Waals surface area contributed by atoms with E-state index in [2.05, 4.69) is 43.1 Å². The smallest absolute Gasteiger partial charge is 0.289 e. The SMILES string of the molecule is CN1C(=O)C(NC(=O)c2nnc(Cc3ccccc3)[nH]2)Cn2cc(I)c3cccc1c32. The highest BCUT2D eigenvalue weighted by Crippen LogP contribution is 2.33. The third-order valence-corrected chi connectivity index (χ3v) is 6.33. The summed E-state index contributed by atoms with van der Waals surface area (Å²) in [6.45, 7) is 0.344. The van der Waals surface area contributed by atoms with E-state index in [1.807, 2.05) is 59.3 Å². The van der Waals surface area contributed by atoms with Gasteiger partial charge in [-0.05, 0) is 34.2 Å². The minimum absolute atomic E-state index is 0.0929. The van der Waals surface area contributed by atoms with Gasteiger partial charge in [-0.15, -0.1) is 10.2 Å². The molecule has 1 aliphatic heterocycles. The highest BCUT2D eigenvalue weighted by Gasteiger charge is 2.31. The number of aromatic amines is 1. The number of rotatable bonds is 4. The van der Waals surface area contributed by atoms with E-state index in [1.54, 1.807) is 11.9 Å². The number of hydrogen-bond acceptors (Lipinski definition) is 4. The quantitative estimate of drug-likeness (QED) is 0.400. The predicted octanol–water partition coefficient (Wildman–Crippen LogP) is 2.73.